The van der Waals surface area contributed by atoms with Crippen LogP contribution in [-0.4, -0.2) is 54.9 Å². The summed E-state index contributed by atoms with van der Waals surface area (Å²) in [7, 11) is 3.38. The molecule has 0 fully saturated rings. The molecule has 2 aromatic carbocycles. The van der Waals surface area contributed by atoms with Crippen molar-refractivity contribution in [2.24, 2.45) is 0 Å². The first-order chi connectivity index (χ1) is 13.4. The van der Waals surface area contributed by atoms with Gasteiger partial charge in [0.2, 0.25) is 11.8 Å². The van der Waals surface area contributed by atoms with Crippen molar-refractivity contribution in [2.75, 3.05) is 32.6 Å². The van der Waals surface area contributed by atoms with E-state index in [4.69, 9.17) is 4.74 Å². The minimum absolute atomic E-state index is 0.00565. The van der Waals surface area contributed by atoms with Gasteiger partial charge in [0, 0.05) is 18.8 Å². The molecule has 28 heavy (non-hydrogen) atoms. The van der Waals surface area contributed by atoms with E-state index in [0.29, 0.717) is 18.8 Å². The van der Waals surface area contributed by atoms with Crippen LogP contribution in [-0.2, 0) is 16.1 Å². The van der Waals surface area contributed by atoms with Crippen LogP contribution < -0.4 is 10.1 Å². The summed E-state index contributed by atoms with van der Waals surface area (Å²) < 4.78 is 5.11. The lowest BCUT2D eigenvalue weighted by atomic mass is 10.2. The Labute approximate surface area is 167 Å². The zero-order chi connectivity index (χ0) is 20.5. The number of carbonyl (C=O) groups excluding carboxylic acids is 2. The van der Waals surface area contributed by atoms with E-state index in [0.717, 1.165) is 11.3 Å². The molecule has 2 rings (SSSR count). The molecule has 0 radical (unpaired) electrons. The molecule has 0 aliphatic heterocycles. The highest BCUT2D eigenvalue weighted by molar-refractivity contribution is 5.92. The van der Waals surface area contributed by atoms with Gasteiger partial charge in [0.25, 0.3) is 0 Å². The summed E-state index contributed by atoms with van der Waals surface area (Å²) in [5.74, 6) is 0.567. The number of hydrogen-bond donors (Lipinski definition) is 1. The quantitative estimate of drug-likeness (QED) is 0.723. The summed E-state index contributed by atoms with van der Waals surface area (Å²) in [6.07, 6.45) is 0. The average molecular weight is 383 g/mol. The number of likely N-dealkylation sites (N-methyl/N-ethyl adjacent to an activating group) is 2. The third-order valence-electron chi connectivity index (χ3n) is 4.69. The van der Waals surface area contributed by atoms with Crippen LogP contribution in [0.1, 0.15) is 19.4 Å². The Hall–Kier alpha value is -2.86. The van der Waals surface area contributed by atoms with Gasteiger partial charge in [-0.15, -0.1) is 0 Å². The number of amides is 2. The number of ether oxygens (including phenoxy) is 1. The molecule has 1 atom stereocenters. The Morgan fingerprint density at radius 3 is 2.29 bits per heavy atom. The first kappa shape index (κ1) is 21.4. The number of nitrogens with zero attached hydrogens (tertiary/aromatic N) is 2. The van der Waals surface area contributed by atoms with Crippen LogP contribution in [0.15, 0.2) is 54.6 Å². The minimum atomic E-state index is -0.398. The summed E-state index contributed by atoms with van der Waals surface area (Å²) in [6, 6.07) is 16.6. The Morgan fingerprint density at radius 1 is 1.07 bits per heavy atom. The Morgan fingerprint density at radius 2 is 1.71 bits per heavy atom. The van der Waals surface area contributed by atoms with Crippen molar-refractivity contribution < 1.29 is 14.3 Å². The summed E-state index contributed by atoms with van der Waals surface area (Å²) in [5.41, 5.74) is 1.78. The van der Waals surface area contributed by atoms with Crippen LogP contribution in [0.25, 0.3) is 0 Å². The fourth-order valence-electron chi connectivity index (χ4n) is 2.84. The average Bonchev–Trinajstić information content (AvgIpc) is 2.72. The molecule has 0 unspecified atom stereocenters. The predicted octanol–water partition coefficient (Wildman–Crippen LogP) is 3.00. The van der Waals surface area contributed by atoms with Gasteiger partial charge in [-0.1, -0.05) is 30.3 Å². The van der Waals surface area contributed by atoms with Crippen LogP contribution in [0.2, 0.25) is 0 Å². The Kier molecular flexibility index (Phi) is 8.02. The zero-order valence-corrected chi connectivity index (χ0v) is 17.0. The van der Waals surface area contributed by atoms with Crippen molar-refractivity contribution in [3.63, 3.8) is 0 Å². The van der Waals surface area contributed by atoms with Crippen LogP contribution >= 0.6 is 0 Å². The van der Waals surface area contributed by atoms with Crippen LogP contribution in [0, 0.1) is 0 Å². The van der Waals surface area contributed by atoms with Crippen molar-refractivity contribution in [3.8, 4) is 5.75 Å². The molecule has 150 valence electrons. The molecule has 1 N–H and O–H groups in total. The number of benzene rings is 2. The first-order valence-electron chi connectivity index (χ1n) is 9.41. The van der Waals surface area contributed by atoms with Gasteiger partial charge in [-0.2, -0.15) is 0 Å². The number of anilines is 1. The molecule has 6 heteroatoms. The fourth-order valence-corrected chi connectivity index (χ4v) is 2.84. The minimum Gasteiger partial charge on any atom is -0.497 e. The number of methoxy groups -OCH3 is 1. The summed E-state index contributed by atoms with van der Waals surface area (Å²) in [5, 5.41) is 2.84. The second-order valence-electron chi connectivity index (χ2n) is 6.71. The Bertz CT molecular complexity index is 762. The SMILES string of the molecule is CCN(Cc1ccccc1)C(=O)[C@H](C)N(C)CC(=O)Nc1ccc(OC)cc1. The molecule has 0 bridgehead atoms. The molecule has 2 amide bonds. The second kappa shape index (κ2) is 10.5. The molecule has 0 spiro atoms. The van der Waals surface area contributed by atoms with Gasteiger partial charge in [-0.05, 0) is 50.7 Å². The van der Waals surface area contributed by atoms with E-state index in [9.17, 15) is 9.59 Å². The molecular formula is C22H29N3O3. The molecular weight excluding hydrogens is 354 g/mol. The highest BCUT2D eigenvalue weighted by atomic mass is 16.5. The van der Waals surface area contributed by atoms with Crippen LogP contribution in [0.3, 0.4) is 0 Å². The number of nitrogens with one attached hydrogen (secondary N) is 1. The number of carbonyl (C=O) groups is 2. The lowest BCUT2D eigenvalue weighted by Gasteiger charge is -2.29. The third kappa shape index (κ3) is 6.09. The standard InChI is InChI=1S/C22H29N3O3/c1-5-25(15-18-9-7-6-8-10-18)22(27)17(2)24(3)16-21(26)23-19-11-13-20(28-4)14-12-19/h6-14,17H,5,15-16H2,1-4H3,(H,23,26)/t17-/m0/s1. The summed E-state index contributed by atoms with van der Waals surface area (Å²) >= 11 is 0. The molecule has 2 aromatic rings. The highest BCUT2D eigenvalue weighted by Crippen LogP contribution is 2.15. The molecule has 0 saturated carbocycles. The summed E-state index contributed by atoms with van der Waals surface area (Å²) in [6.45, 7) is 5.10. The van der Waals surface area contributed by atoms with Gasteiger partial charge in [0.15, 0.2) is 0 Å². The van der Waals surface area contributed by atoms with Crippen molar-refractivity contribution in [3.05, 3.63) is 60.2 Å². The van der Waals surface area contributed by atoms with E-state index < -0.39 is 6.04 Å². The lowest BCUT2D eigenvalue weighted by Crippen LogP contribution is -2.47. The molecule has 0 aliphatic rings. The molecule has 6 nitrogen and oxygen atoms in total. The van der Waals surface area contributed by atoms with Gasteiger partial charge >= 0.3 is 0 Å². The first-order valence-corrected chi connectivity index (χ1v) is 9.41. The maximum Gasteiger partial charge on any atom is 0.239 e. The van der Waals surface area contributed by atoms with Gasteiger partial charge in [0.1, 0.15) is 5.75 Å². The van der Waals surface area contributed by atoms with Crippen LogP contribution in [0.4, 0.5) is 5.69 Å². The van der Waals surface area contributed by atoms with E-state index >= 15 is 0 Å². The fraction of sp³-hybridized carbons (Fsp3) is 0.364. The number of rotatable bonds is 9. The van der Waals surface area contributed by atoms with Crippen molar-refractivity contribution >= 4 is 17.5 Å². The van der Waals surface area contributed by atoms with Crippen molar-refractivity contribution in [1.82, 2.24) is 9.80 Å². The largest absolute Gasteiger partial charge is 0.497 e. The van der Waals surface area contributed by atoms with Gasteiger partial charge < -0.3 is 15.0 Å². The normalized spacial score (nSPS) is 11.8. The molecule has 0 aromatic heterocycles. The third-order valence-corrected chi connectivity index (χ3v) is 4.69. The summed E-state index contributed by atoms with van der Waals surface area (Å²) in [4.78, 5) is 28.8. The van der Waals surface area contributed by atoms with E-state index in [-0.39, 0.29) is 18.4 Å². The van der Waals surface area contributed by atoms with Gasteiger partial charge in [-0.3, -0.25) is 14.5 Å². The number of hydrogen-bond acceptors (Lipinski definition) is 4. The molecule has 0 aliphatic carbocycles. The van der Waals surface area contributed by atoms with Crippen LogP contribution in [0.5, 0.6) is 5.75 Å². The maximum absolute atomic E-state index is 12.9. The smallest absolute Gasteiger partial charge is 0.239 e. The van der Waals surface area contributed by atoms with E-state index in [1.54, 1.807) is 48.2 Å². The topological polar surface area (TPSA) is 61.9 Å². The highest BCUT2D eigenvalue weighted by Gasteiger charge is 2.24. The Balaban J connectivity index is 1.90. The molecule has 0 heterocycles. The van der Waals surface area contributed by atoms with Gasteiger partial charge in [0.05, 0.1) is 19.7 Å². The van der Waals surface area contributed by atoms with Crippen molar-refractivity contribution in [1.29, 1.82) is 0 Å². The zero-order valence-electron chi connectivity index (χ0n) is 17.0. The van der Waals surface area contributed by atoms with E-state index in [2.05, 4.69) is 5.32 Å². The maximum atomic E-state index is 12.9. The lowest BCUT2D eigenvalue weighted by molar-refractivity contribution is -0.136. The van der Waals surface area contributed by atoms with E-state index in [1.807, 2.05) is 44.2 Å². The monoisotopic (exact) mass is 383 g/mol. The van der Waals surface area contributed by atoms with Crippen molar-refractivity contribution in [2.45, 2.75) is 26.4 Å². The van der Waals surface area contributed by atoms with E-state index in [1.165, 1.54) is 0 Å². The second-order valence-corrected chi connectivity index (χ2v) is 6.71. The van der Waals surface area contributed by atoms with Gasteiger partial charge in [-0.25, -0.2) is 0 Å². The molecule has 0 saturated heterocycles. The predicted molar refractivity (Wildman–Crippen MR) is 111 cm³/mol.